The molecule has 0 saturated carbocycles. The largest absolute Gasteiger partial charge is 0.341 e. The van der Waals surface area contributed by atoms with Gasteiger partial charge in [0, 0.05) is 39.0 Å². The van der Waals surface area contributed by atoms with Crippen LogP contribution in [0.2, 0.25) is 0 Å². The second-order valence-corrected chi connectivity index (χ2v) is 8.03. The summed E-state index contributed by atoms with van der Waals surface area (Å²) in [6.07, 6.45) is 3.46. The Morgan fingerprint density at radius 3 is 2.59 bits per heavy atom. The lowest BCUT2D eigenvalue weighted by Crippen LogP contribution is -2.32. The summed E-state index contributed by atoms with van der Waals surface area (Å²) in [5, 5.41) is 1.83. The minimum Gasteiger partial charge on any atom is -0.341 e. The summed E-state index contributed by atoms with van der Waals surface area (Å²) in [6, 6.07) is 16.2. The average Bonchev–Trinajstić information content (AvgIpc) is 2.68. The maximum atomic E-state index is 12.5. The number of carbonyl (C=O) groups excluding carboxylic acids is 1. The van der Waals surface area contributed by atoms with E-state index in [4.69, 9.17) is 0 Å². The predicted octanol–water partition coefficient (Wildman–Crippen LogP) is 2.56. The highest BCUT2D eigenvalue weighted by molar-refractivity contribution is 7.89. The SMILES string of the molecule is CN(Cc1cccnc1)C(=O)CCNS(=O)(=O)c1ccc2ccccc2c1. The van der Waals surface area contributed by atoms with E-state index in [1.165, 1.54) is 0 Å². The molecule has 0 saturated heterocycles. The number of hydrogen-bond donors (Lipinski definition) is 1. The maximum Gasteiger partial charge on any atom is 0.240 e. The minimum atomic E-state index is -3.66. The Kier molecular flexibility index (Phi) is 5.83. The Labute approximate surface area is 158 Å². The van der Waals surface area contributed by atoms with E-state index in [1.54, 1.807) is 42.5 Å². The number of fused-ring (bicyclic) bond motifs is 1. The van der Waals surface area contributed by atoms with Crippen LogP contribution in [0, 0.1) is 0 Å². The van der Waals surface area contributed by atoms with Crippen LogP contribution in [0.25, 0.3) is 10.8 Å². The van der Waals surface area contributed by atoms with Gasteiger partial charge in [0.25, 0.3) is 0 Å². The first-order valence-electron chi connectivity index (χ1n) is 8.57. The summed E-state index contributed by atoms with van der Waals surface area (Å²) in [7, 11) is -1.98. The molecular formula is C20H21N3O3S. The zero-order valence-corrected chi connectivity index (χ0v) is 15.8. The van der Waals surface area contributed by atoms with Crippen molar-refractivity contribution in [2.24, 2.45) is 0 Å². The van der Waals surface area contributed by atoms with Gasteiger partial charge in [-0.2, -0.15) is 0 Å². The van der Waals surface area contributed by atoms with E-state index < -0.39 is 10.0 Å². The van der Waals surface area contributed by atoms with Gasteiger partial charge in [0.2, 0.25) is 15.9 Å². The molecule has 1 aromatic heterocycles. The van der Waals surface area contributed by atoms with Crippen molar-refractivity contribution in [2.45, 2.75) is 17.9 Å². The van der Waals surface area contributed by atoms with Crippen LogP contribution < -0.4 is 4.72 Å². The summed E-state index contributed by atoms with van der Waals surface area (Å²) in [5.41, 5.74) is 0.921. The molecule has 1 amide bonds. The number of sulfonamides is 1. The summed E-state index contributed by atoms with van der Waals surface area (Å²) < 4.78 is 27.4. The number of pyridine rings is 1. The normalized spacial score (nSPS) is 11.4. The molecule has 1 N–H and O–H groups in total. The van der Waals surface area contributed by atoms with Gasteiger partial charge in [-0.05, 0) is 34.5 Å². The van der Waals surface area contributed by atoms with E-state index >= 15 is 0 Å². The molecule has 27 heavy (non-hydrogen) atoms. The summed E-state index contributed by atoms with van der Waals surface area (Å²) in [4.78, 5) is 18.0. The second-order valence-electron chi connectivity index (χ2n) is 6.27. The smallest absolute Gasteiger partial charge is 0.240 e. The first kappa shape index (κ1) is 19.0. The van der Waals surface area contributed by atoms with Crippen LogP contribution in [-0.4, -0.2) is 37.8 Å². The Morgan fingerprint density at radius 1 is 1.07 bits per heavy atom. The first-order chi connectivity index (χ1) is 13.0. The van der Waals surface area contributed by atoms with E-state index in [9.17, 15) is 13.2 Å². The minimum absolute atomic E-state index is 0.0470. The third-order valence-electron chi connectivity index (χ3n) is 4.23. The van der Waals surface area contributed by atoms with Gasteiger partial charge in [0.15, 0.2) is 0 Å². The highest BCUT2D eigenvalue weighted by Crippen LogP contribution is 2.18. The van der Waals surface area contributed by atoms with Crippen LogP contribution in [-0.2, 0) is 21.4 Å². The monoisotopic (exact) mass is 383 g/mol. The highest BCUT2D eigenvalue weighted by atomic mass is 32.2. The van der Waals surface area contributed by atoms with E-state index in [1.807, 2.05) is 36.4 Å². The molecule has 0 aliphatic carbocycles. The molecule has 0 radical (unpaired) electrons. The maximum absolute atomic E-state index is 12.5. The summed E-state index contributed by atoms with van der Waals surface area (Å²) >= 11 is 0. The van der Waals surface area contributed by atoms with Crippen molar-refractivity contribution in [3.63, 3.8) is 0 Å². The molecule has 0 aliphatic heterocycles. The topological polar surface area (TPSA) is 79.4 Å². The van der Waals surface area contributed by atoms with Crippen molar-refractivity contribution in [1.82, 2.24) is 14.6 Å². The van der Waals surface area contributed by atoms with Gasteiger partial charge in [-0.25, -0.2) is 13.1 Å². The number of nitrogens with zero attached hydrogens (tertiary/aromatic N) is 2. The van der Waals surface area contributed by atoms with Gasteiger partial charge in [-0.15, -0.1) is 0 Å². The quantitative estimate of drug-likeness (QED) is 0.680. The van der Waals surface area contributed by atoms with Gasteiger partial charge < -0.3 is 4.90 Å². The number of nitrogens with one attached hydrogen (secondary N) is 1. The van der Waals surface area contributed by atoms with Gasteiger partial charge >= 0.3 is 0 Å². The summed E-state index contributed by atoms with van der Waals surface area (Å²) in [6.45, 7) is 0.482. The van der Waals surface area contributed by atoms with Crippen molar-refractivity contribution in [2.75, 3.05) is 13.6 Å². The molecule has 7 heteroatoms. The molecule has 1 heterocycles. The lowest BCUT2D eigenvalue weighted by Gasteiger charge is -2.17. The van der Waals surface area contributed by atoms with E-state index in [2.05, 4.69) is 9.71 Å². The Morgan fingerprint density at radius 2 is 1.85 bits per heavy atom. The number of aromatic nitrogens is 1. The van der Waals surface area contributed by atoms with Gasteiger partial charge in [0.1, 0.15) is 0 Å². The summed E-state index contributed by atoms with van der Waals surface area (Å²) in [5.74, 6) is -0.139. The van der Waals surface area contributed by atoms with E-state index in [-0.39, 0.29) is 23.8 Å². The van der Waals surface area contributed by atoms with Gasteiger partial charge in [-0.3, -0.25) is 9.78 Å². The first-order valence-corrected chi connectivity index (χ1v) is 10.1. The molecule has 0 bridgehead atoms. The van der Waals surface area contributed by atoms with Crippen LogP contribution >= 0.6 is 0 Å². The predicted molar refractivity (Wildman–Crippen MR) is 104 cm³/mol. The van der Waals surface area contributed by atoms with Crippen molar-refractivity contribution in [3.8, 4) is 0 Å². The van der Waals surface area contributed by atoms with Crippen molar-refractivity contribution < 1.29 is 13.2 Å². The van der Waals surface area contributed by atoms with Crippen molar-refractivity contribution in [1.29, 1.82) is 0 Å². The Hall–Kier alpha value is -2.77. The fraction of sp³-hybridized carbons (Fsp3) is 0.200. The second kappa shape index (κ2) is 8.28. The number of hydrogen-bond acceptors (Lipinski definition) is 4. The van der Waals surface area contributed by atoms with Crippen LogP contribution in [0.3, 0.4) is 0 Å². The fourth-order valence-electron chi connectivity index (χ4n) is 2.75. The molecule has 0 spiro atoms. The zero-order chi connectivity index (χ0) is 19.3. The molecule has 0 atom stereocenters. The molecule has 6 nitrogen and oxygen atoms in total. The third-order valence-corrected chi connectivity index (χ3v) is 5.69. The van der Waals surface area contributed by atoms with E-state index in [0.717, 1.165) is 16.3 Å². The average molecular weight is 383 g/mol. The third kappa shape index (κ3) is 4.90. The number of carbonyl (C=O) groups is 1. The Bertz CT molecular complexity index is 1040. The number of amides is 1. The molecule has 0 aliphatic rings. The van der Waals surface area contributed by atoms with Crippen molar-refractivity contribution >= 4 is 26.7 Å². The van der Waals surface area contributed by atoms with Crippen LogP contribution in [0.4, 0.5) is 0 Å². The van der Waals surface area contributed by atoms with Gasteiger partial charge in [0.05, 0.1) is 4.90 Å². The van der Waals surface area contributed by atoms with Gasteiger partial charge in [-0.1, -0.05) is 36.4 Å². The lowest BCUT2D eigenvalue weighted by atomic mass is 10.1. The standard InChI is InChI=1S/C20H21N3O3S/c1-23(15-16-5-4-11-21-14-16)20(24)10-12-22-27(25,26)19-9-8-17-6-2-3-7-18(17)13-19/h2-9,11,13-14,22H,10,12,15H2,1H3. The van der Waals surface area contributed by atoms with Crippen molar-refractivity contribution in [3.05, 3.63) is 72.6 Å². The molecule has 140 valence electrons. The zero-order valence-electron chi connectivity index (χ0n) is 15.0. The van der Waals surface area contributed by atoms with Crippen LogP contribution in [0.15, 0.2) is 71.9 Å². The van der Waals surface area contributed by atoms with Crippen LogP contribution in [0.5, 0.6) is 0 Å². The van der Waals surface area contributed by atoms with E-state index in [0.29, 0.717) is 6.54 Å². The molecule has 3 aromatic rings. The Balaban J connectivity index is 1.57. The molecule has 3 rings (SSSR count). The highest BCUT2D eigenvalue weighted by Gasteiger charge is 2.16. The number of rotatable bonds is 7. The molecule has 0 fully saturated rings. The number of benzene rings is 2. The molecule has 2 aromatic carbocycles. The molecule has 0 unspecified atom stereocenters. The van der Waals surface area contributed by atoms with Crippen LogP contribution in [0.1, 0.15) is 12.0 Å². The fourth-order valence-corrected chi connectivity index (χ4v) is 3.82. The lowest BCUT2D eigenvalue weighted by molar-refractivity contribution is -0.130. The molecular weight excluding hydrogens is 362 g/mol.